The van der Waals surface area contributed by atoms with Gasteiger partial charge in [-0.3, -0.25) is 19.2 Å². The fraction of sp³-hybridized carbons (Fsp3) is 0.429. The number of hydrogen-bond donors (Lipinski definition) is 3. The highest BCUT2D eigenvalue weighted by molar-refractivity contribution is 6.05. The molecule has 46 heavy (non-hydrogen) atoms. The molecule has 1 aliphatic carbocycles. The number of rotatable bonds is 5. The summed E-state index contributed by atoms with van der Waals surface area (Å²) in [6.07, 6.45) is 4.33. The topological polar surface area (TPSA) is 142 Å². The highest BCUT2D eigenvalue weighted by Crippen LogP contribution is 2.27. The monoisotopic (exact) mass is 623 g/mol. The molecule has 4 aromatic rings. The predicted molar refractivity (Wildman–Crippen MR) is 173 cm³/mol. The molecule has 0 fully saturated rings. The molecule has 2 aliphatic rings. The highest BCUT2D eigenvalue weighted by Gasteiger charge is 2.31. The van der Waals surface area contributed by atoms with Crippen molar-refractivity contribution >= 4 is 34.4 Å². The van der Waals surface area contributed by atoms with Crippen molar-refractivity contribution in [2.24, 2.45) is 5.92 Å². The molecule has 2 atom stereocenters. The maximum atomic E-state index is 14.0. The first-order valence-corrected chi connectivity index (χ1v) is 16.2. The van der Waals surface area contributed by atoms with Crippen molar-refractivity contribution in [3.05, 3.63) is 82.6 Å². The van der Waals surface area contributed by atoms with Crippen LogP contribution in [0.1, 0.15) is 89.1 Å². The van der Waals surface area contributed by atoms with Crippen LogP contribution in [0.5, 0.6) is 0 Å². The standard InChI is InChI=1S/C35H41N7O4/c1-21(2)18-29-33-37-22(3)40-42(33)17-16-41(35(46)27-10-6-9-26-25(27)13-14-31(26)43)15-7-12-32(44)38-30(34(45)39-29)19-23-20-36-28-11-5-4-8-24(23)28/h4-6,8-11,20-21,29-30,36H,7,12-19H2,1-3H3,(H,38,44)(H,39,45)/t29-,30+/m0/s1. The first-order valence-electron chi connectivity index (χ1n) is 16.2. The first kappa shape index (κ1) is 31.2. The van der Waals surface area contributed by atoms with Crippen LogP contribution in [0.2, 0.25) is 0 Å². The average Bonchev–Trinajstić information content (AvgIpc) is 3.73. The average molecular weight is 624 g/mol. The summed E-state index contributed by atoms with van der Waals surface area (Å²) in [5, 5.41) is 11.9. The lowest BCUT2D eigenvalue weighted by atomic mass is 10.0. The van der Waals surface area contributed by atoms with E-state index in [9.17, 15) is 19.2 Å². The predicted octanol–water partition coefficient (Wildman–Crippen LogP) is 4.06. The number of aromatic nitrogens is 4. The van der Waals surface area contributed by atoms with Crippen molar-refractivity contribution in [3.8, 4) is 0 Å². The molecule has 3 N–H and O–H groups in total. The molecule has 3 amide bonds. The van der Waals surface area contributed by atoms with Crippen LogP contribution in [0.3, 0.4) is 0 Å². The Morgan fingerprint density at radius 2 is 1.78 bits per heavy atom. The summed E-state index contributed by atoms with van der Waals surface area (Å²) in [4.78, 5) is 63.4. The number of benzene rings is 2. The number of H-pyrrole nitrogens is 1. The largest absolute Gasteiger partial charge is 0.361 e. The zero-order valence-electron chi connectivity index (χ0n) is 26.6. The summed E-state index contributed by atoms with van der Waals surface area (Å²) < 4.78 is 1.79. The van der Waals surface area contributed by atoms with Crippen LogP contribution in [-0.2, 0) is 29.0 Å². The number of aromatic amines is 1. The SMILES string of the molecule is Cc1nc2n(n1)CCN(C(=O)c1cccc3c1CCC3=O)CCCC(=O)N[C@H](Cc1c[nH]c3ccccc13)C(=O)N[C@H]2CC(C)C. The Bertz CT molecular complexity index is 1790. The van der Waals surface area contributed by atoms with Crippen molar-refractivity contribution in [3.63, 3.8) is 0 Å². The molecule has 2 aromatic carbocycles. The van der Waals surface area contributed by atoms with Gasteiger partial charge in [-0.1, -0.05) is 44.2 Å². The van der Waals surface area contributed by atoms with Gasteiger partial charge in [0, 0.05) is 60.6 Å². The Balaban J connectivity index is 1.32. The number of fused-ring (bicyclic) bond motifs is 3. The lowest BCUT2D eigenvalue weighted by molar-refractivity contribution is -0.129. The Morgan fingerprint density at radius 1 is 0.957 bits per heavy atom. The number of nitrogens with zero attached hydrogens (tertiary/aromatic N) is 4. The molecule has 1 aliphatic heterocycles. The Morgan fingerprint density at radius 3 is 2.61 bits per heavy atom. The van der Waals surface area contributed by atoms with Gasteiger partial charge in [-0.05, 0) is 55.4 Å². The molecule has 6 rings (SSSR count). The van der Waals surface area contributed by atoms with E-state index in [2.05, 4.69) is 34.6 Å². The van der Waals surface area contributed by atoms with Gasteiger partial charge in [-0.25, -0.2) is 9.67 Å². The first-order chi connectivity index (χ1) is 22.2. The number of carbonyl (C=O) groups is 4. The third kappa shape index (κ3) is 6.59. The molecular formula is C35H41N7O4. The van der Waals surface area contributed by atoms with Gasteiger partial charge in [-0.15, -0.1) is 0 Å². The maximum Gasteiger partial charge on any atom is 0.254 e. The van der Waals surface area contributed by atoms with Crippen LogP contribution in [0.4, 0.5) is 0 Å². The minimum Gasteiger partial charge on any atom is -0.361 e. The molecule has 0 bridgehead atoms. The van der Waals surface area contributed by atoms with E-state index < -0.39 is 12.1 Å². The van der Waals surface area contributed by atoms with Gasteiger partial charge in [0.25, 0.3) is 5.91 Å². The lowest BCUT2D eigenvalue weighted by Gasteiger charge is -2.27. The van der Waals surface area contributed by atoms with Gasteiger partial charge in [0.05, 0.1) is 12.6 Å². The van der Waals surface area contributed by atoms with Crippen LogP contribution in [-0.4, -0.2) is 67.3 Å². The number of aryl methyl sites for hydroxylation is 1. The third-order valence-corrected chi connectivity index (χ3v) is 8.90. The van der Waals surface area contributed by atoms with E-state index in [0.29, 0.717) is 74.5 Å². The van der Waals surface area contributed by atoms with E-state index in [1.165, 1.54) is 0 Å². The number of ketones is 1. The lowest BCUT2D eigenvalue weighted by Crippen LogP contribution is -2.49. The van der Waals surface area contributed by atoms with E-state index >= 15 is 0 Å². The van der Waals surface area contributed by atoms with Gasteiger partial charge in [0.15, 0.2) is 5.78 Å². The molecule has 0 spiro atoms. The molecule has 0 unspecified atom stereocenters. The summed E-state index contributed by atoms with van der Waals surface area (Å²) in [7, 11) is 0. The van der Waals surface area contributed by atoms with Gasteiger partial charge >= 0.3 is 0 Å². The molecule has 11 heteroatoms. The van der Waals surface area contributed by atoms with Crippen LogP contribution in [0, 0.1) is 12.8 Å². The van der Waals surface area contributed by atoms with E-state index in [1.54, 1.807) is 27.8 Å². The molecule has 2 aromatic heterocycles. The molecular weight excluding hydrogens is 582 g/mol. The van der Waals surface area contributed by atoms with E-state index in [0.717, 1.165) is 22.0 Å². The molecule has 240 valence electrons. The zero-order valence-corrected chi connectivity index (χ0v) is 26.6. The van der Waals surface area contributed by atoms with E-state index in [-0.39, 0.29) is 35.8 Å². The third-order valence-electron chi connectivity index (χ3n) is 8.90. The second kappa shape index (κ2) is 13.3. The number of amides is 3. The van der Waals surface area contributed by atoms with Crippen molar-refractivity contribution in [1.82, 2.24) is 35.3 Å². The second-order valence-corrected chi connectivity index (χ2v) is 12.8. The second-order valence-electron chi connectivity index (χ2n) is 12.8. The quantitative estimate of drug-likeness (QED) is 0.306. The van der Waals surface area contributed by atoms with Crippen LogP contribution < -0.4 is 10.6 Å². The van der Waals surface area contributed by atoms with Gasteiger partial charge in [0.2, 0.25) is 11.8 Å². The summed E-state index contributed by atoms with van der Waals surface area (Å²) in [5.41, 5.74) is 3.85. The maximum absolute atomic E-state index is 14.0. The summed E-state index contributed by atoms with van der Waals surface area (Å²) >= 11 is 0. The minimum atomic E-state index is -0.816. The van der Waals surface area contributed by atoms with E-state index in [1.807, 2.05) is 37.4 Å². The Hall–Kier alpha value is -4.80. The van der Waals surface area contributed by atoms with Crippen molar-refractivity contribution < 1.29 is 19.2 Å². The number of carbonyl (C=O) groups excluding carboxylic acids is 4. The van der Waals surface area contributed by atoms with Crippen molar-refractivity contribution in [2.45, 2.75) is 77.9 Å². The summed E-state index contributed by atoms with van der Waals surface area (Å²) in [6.45, 7) is 7.02. The van der Waals surface area contributed by atoms with Crippen LogP contribution >= 0.6 is 0 Å². The van der Waals surface area contributed by atoms with Crippen molar-refractivity contribution in [1.29, 1.82) is 0 Å². The number of para-hydroxylation sites is 1. The number of nitrogens with one attached hydrogen (secondary N) is 3. The fourth-order valence-electron chi connectivity index (χ4n) is 6.69. The van der Waals surface area contributed by atoms with E-state index in [4.69, 9.17) is 4.98 Å². The fourth-order valence-corrected chi connectivity index (χ4v) is 6.69. The molecule has 0 saturated carbocycles. The van der Waals surface area contributed by atoms with Gasteiger partial charge in [-0.2, -0.15) is 5.10 Å². The Labute approximate surface area is 268 Å². The molecule has 0 saturated heterocycles. The summed E-state index contributed by atoms with van der Waals surface area (Å²) in [6, 6.07) is 11.9. The Kier molecular flexibility index (Phi) is 9.01. The normalized spacial score (nSPS) is 19.5. The molecule has 0 radical (unpaired) electrons. The minimum absolute atomic E-state index is 0.0606. The van der Waals surface area contributed by atoms with Gasteiger partial charge in [0.1, 0.15) is 17.7 Å². The highest BCUT2D eigenvalue weighted by atomic mass is 16.2. The smallest absolute Gasteiger partial charge is 0.254 e. The van der Waals surface area contributed by atoms with Crippen molar-refractivity contribution in [2.75, 3.05) is 13.1 Å². The molecule has 3 heterocycles. The summed E-state index contributed by atoms with van der Waals surface area (Å²) in [5.74, 6) is 0.785. The van der Waals surface area contributed by atoms with Crippen LogP contribution in [0.15, 0.2) is 48.7 Å². The zero-order chi connectivity index (χ0) is 32.4. The number of hydrogen-bond acceptors (Lipinski definition) is 6. The number of Topliss-reactive ketones (excluding diaryl/α,β-unsaturated/α-hetero) is 1. The molecule has 11 nitrogen and oxygen atoms in total. The van der Waals surface area contributed by atoms with Gasteiger partial charge < -0.3 is 20.5 Å². The van der Waals surface area contributed by atoms with Crippen LogP contribution in [0.25, 0.3) is 10.9 Å².